The van der Waals surface area contributed by atoms with E-state index in [9.17, 15) is 4.79 Å². The van der Waals surface area contributed by atoms with Gasteiger partial charge in [-0.15, -0.1) is 0 Å². The highest BCUT2D eigenvalue weighted by atomic mass is 16.5. The lowest BCUT2D eigenvalue weighted by Crippen LogP contribution is -2.12. The van der Waals surface area contributed by atoms with Crippen molar-refractivity contribution in [2.45, 2.75) is 57.8 Å². The predicted molar refractivity (Wildman–Crippen MR) is 71.1 cm³/mol. The summed E-state index contributed by atoms with van der Waals surface area (Å²) in [5.41, 5.74) is -0.104. The number of aromatic nitrogens is 2. The molecule has 0 radical (unpaired) electrons. The molecular weight excluding hydrogens is 228 g/mol. The Labute approximate surface area is 108 Å². The molecule has 1 aromatic heterocycles. The van der Waals surface area contributed by atoms with Gasteiger partial charge in [0.1, 0.15) is 5.82 Å². The summed E-state index contributed by atoms with van der Waals surface area (Å²) in [6.45, 7) is 2.86. The highest BCUT2D eigenvalue weighted by Crippen LogP contribution is 2.37. The van der Waals surface area contributed by atoms with Gasteiger partial charge in [0.05, 0.1) is 12.7 Å². The highest BCUT2D eigenvalue weighted by Gasteiger charge is 2.26. The fourth-order valence-electron chi connectivity index (χ4n) is 1.96. The molecule has 1 saturated carbocycles. The standard InChI is InChI=1S/C14H22N2O2/c1-2-3-4-5-6-9-18-13-10-12(17)15-14(16-13)11-7-8-11/h10-11H,2-9H2,1H3,(H,15,16,17). The number of unbranched alkanes of at least 4 members (excludes halogenated alkanes) is 4. The van der Waals surface area contributed by atoms with E-state index in [4.69, 9.17) is 4.74 Å². The third-order valence-electron chi connectivity index (χ3n) is 3.20. The van der Waals surface area contributed by atoms with Gasteiger partial charge in [-0.25, -0.2) is 0 Å². The zero-order valence-electron chi connectivity index (χ0n) is 11.1. The first-order valence-corrected chi connectivity index (χ1v) is 7.03. The molecule has 1 aliphatic carbocycles. The summed E-state index contributed by atoms with van der Waals surface area (Å²) in [5.74, 6) is 1.73. The molecule has 0 amide bonds. The molecule has 1 N–H and O–H groups in total. The summed E-state index contributed by atoms with van der Waals surface area (Å²) < 4.78 is 5.55. The van der Waals surface area contributed by atoms with Crippen LogP contribution in [0.25, 0.3) is 0 Å². The third kappa shape index (κ3) is 4.17. The van der Waals surface area contributed by atoms with Crippen LogP contribution in [0.3, 0.4) is 0 Å². The molecule has 0 aromatic carbocycles. The van der Waals surface area contributed by atoms with Gasteiger partial charge < -0.3 is 9.72 Å². The van der Waals surface area contributed by atoms with E-state index < -0.39 is 0 Å². The minimum atomic E-state index is -0.104. The Balaban J connectivity index is 1.76. The number of nitrogens with one attached hydrogen (secondary N) is 1. The van der Waals surface area contributed by atoms with E-state index in [-0.39, 0.29) is 5.56 Å². The minimum absolute atomic E-state index is 0.104. The molecule has 0 spiro atoms. The summed E-state index contributed by atoms with van der Waals surface area (Å²) >= 11 is 0. The second-order valence-electron chi connectivity index (χ2n) is 5.01. The lowest BCUT2D eigenvalue weighted by Gasteiger charge is -2.06. The van der Waals surface area contributed by atoms with Gasteiger partial charge >= 0.3 is 0 Å². The van der Waals surface area contributed by atoms with Gasteiger partial charge in [0.25, 0.3) is 5.56 Å². The molecule has 0 unspecified atom stereocenters. The van der Waals surface area contributed by atoms with Gasteiger partial charge in [0.2, 0.25) is 5.88 Å². The van der Waals surface area contributed by atoms with Crippen molar-refractivity contribution >= 4 is 0 Å². The van der Waals surface area contributed by atoms with Crippen LogP contribution in [-0.2, 0) is 0 Å². The van der Waals surface area contributed by atoms with Crippen LogP contribution in [-0.4, -0.2) is 16.6 Å². The lowest BCUT2D eigenvalue weighted by atomic mass is 10.2. The van der Waals surface area contributed by atoms with E-state index in [1.165, 1.54) is 31.7 Å². The van der Waals surface area contributed by atoms with E-state index >= 15 is 0 Å². The van der Waals surface area contributed by atoms with Crippen LogP contribution in [0.5, 0.6) is 5.88 Å². The summed E-state index contributed by atoms with van der Waals surface area (Å²) in [5, 5.41) is 0. The van der Waals surface area contributed by atoms with Crippen LogP contribution >= 0.6 is 0 Å². The molecule has 2 rings (SSSR count). The van der Waals surface area contributed by atoms with Crippen LogP contribution in [0.4, 0.5) is 0 Å². The number of rotatable bonds is 8. The summed E-state index contributed by atoms with van der Waals surface area (Å²) in [6, 6.07) is 1.44. The van der Waals surface area contributed by atoms with E-state index in [0.29, 0.717) is 18.4 Å². The Bertz CT molecular complexity index is 424. The zero-order chi connectivity index (χ0) is 12.8. The second-order valence-corrected chi connectivity index (χ2v) is 5.01. The van der Waals surface area contributed by atoms with E-state index in [2.05, 4.69) is 16.9 Å². The maximum Gasteiger partial charge on any atom is 0.254 e. The van der Waals surface area contributed by atoms with Gasteiger partial charge in [-0.3, -0.25) is 4.79 Å². The normalized spacial score (nSPS) is 14.7. The molecule has 4 nitrogen and oxygen atoms in total. The van der Waals surface area contributed by atoms with E-state index in [1.54, 1.807) is 0 Å². The summed E-state index contributed by atoms with van der Waals surface area (Å²) in [6.07, 6.45) is 8.28. The minimum Gasteiger partial charge on any atom is -0.477 e. The smallest absolute Gasteiger partial charge is 0.254 e. The van der Waals surface area contributed by atoms with Gasteiger partial charge in [-0.05, 0) is 19.3 Å². The average Bonchev–Trinajstić information content (AvgIpc) is 3.17. The molecule has 18 heavy (non-hydrogen) atoms. The number of ether oxygens (including phenoxy) is 1. The Kier molecular flexibility index (Phi) is 4.79. The predicted octanol–water partition coefficient (Wildman–Crippen LogP) is 3.00. The van der Waals surface area contributed by atoms with Crippen molar-refractivity contribution in [3.8, 4) is 5.88 Å². The fourth-order valence-corrected chi connectivity index (χ4v) is 1.96. The molecule has 100 valence electrons. The molecule has 4 heteroatoms. The SMILES string of the molecule is CCCCCCCOc1cc(=O)[nH]c(C2CC2)n1. The van der Waals surface area contributed by atoms with Crippen molar-refractivity contribution in [1.29, 1.82) is 0 Å². The zero-order valence-corrected chi connectivity index (χ0v) is 11.1. The molecule has 0 aliphatic heterocycles. The molecule has 1 heterocycles. The average molecular weight is 250 g/mol. The van der Waals surface area contributed by atoms with Crippen molar-refractivity contribution in [2.24, 2.45) is 0 Å². The monoisotopic (exact) mass is 250 g/mol. The second kappa shape index (κ2) is 6.57. The topological polar surface area (TPSA) is 55.0 Å². The van der Waals surface area contributed by atoms with Crippen LogP contribution in [0.1, 0.15) is 63.6 Å². The third-order valence-corrected chi connectivity index (χ3v) is 3.20. The van der Waals surface area contributed by atoms with Gasteiger partial charge in [-0.1, -0.05) is 32.6 Å². The molecule has 1 aliphatic rings. The molecule has 1 fully saturated rings. The maximum absolute atomic E-state index is 11.4. The van der Waals surface area contributed by atoms with Crippen molar-refractivity contribution < 1.29 is 4.74 Å². The lowest BCUT2D eigenvalue weighted by molar-refractivity contribution is 0.291. The number of H-pyrrole nitrogens is 1. The first-order valence-electron chi connectivity index (χ1n) is 7.03. The summed E-state index contributed by atoms with van der Waals surface area (Å²) in [4.78, 5) is 18.6. The Morgan fingerprint density at radius 3 is 2.83 bits per heavy atom. The van der Waals surface area contributed by atoms with Gasteiger partial charge in [0.15, 0.2) is 0 Å². The van der Waals surface area contributed by atoms with E-state index in [1.807, 2.05) is 0 Å². The molecular formula is C14H22N2O2. The number of hydrogen-bond donors (Lipinski definition) is 1. The van der Waals surface area contributed by atoms with E-state index in [0.717, 1.165) is 25.1 Å². The quantitative estimate of drug-likeness (QED) is 0.722. The van der Waals surface area contributed by atoms with Crippen LogP contribution in [0.15, 0.2) is 10.9 Å². The number of aromatic amines is 1. The van der Waals surface area contributed by atoms with Gasteiger partial charge in [-0.2, -0.15) is 4.98 Å². The molecule has 0 bridgehead atoms. The number of nitrogens with zero attached hydrogens (tertiary/aromatic N) is 1. The van der Waals surface area contributed by atoms with Crippen molar-refractivity contribution in [2.75, 3.05) is 6.61 Å². The van der Waals surface area contributed by atoms with Gasteiger partial charge in [0, 0.05) is 5.92 Å². The highest BCUT2D eigenvalue weighted by molar-refractivity contribution is 5.13. The van der Waals surface area contributed by atoms with Crippen LogP contribution in [0, 0.1) is 0 Å². The van der Waals surface area contributed by atoms with Crippen molar-refractivity contribution in [1.82, 2.24) is 9.97 Å². The first kappa shape index (κ1) is 13.1. The van der Waals surface area contributed by atoms with Crippen LogP contribution < -0.4 is 10.3 Å². The largest absolute Gasteiger partial charge is 0.477 e. The first-order chi connectivity index (χ1) is 8.79. The van der Waals surface area contributed by atoms with Crippen LogP contribution in [0.2, 0.25) is 0 Å². The number of hydrogen-bond acceptors (Lipinski definition) is 3. The Hall–Kier alpha value is -1.32. The summed E-state index contributed by atoms with van der Waals surface area (Å²) in [7, 11) is 0. The fraction of sp³-hybridized carbons (Fsp3) is 0.714. The molecule has 0 atom stereocenters. The maximum atomic E-state index is 11.4. The molecule has 1 aromatic rings. The Morgan fingerprint density at radius 1 is 1.33 bits per heavy atom. The van der Waals surface area contributed by atoms with Crippen molar-refractivity contribution in [3.05, 3.63) is 22.2 Å². The van der Waals surface area contributed by atoms with Crippen molar-refractivity contribution in [3.63, 3.8) is 0 Å². The Morgan fingerprint density at radius 2 is 2.11 bits per heavy atom. The molecule has 0 saturated heterocycles.